The van der Waals surface area contributed by atoms with Crippen LogP contribution in [-0.4, -0.2) is 21.9 Å². The number of nitrogens with zero attached hydrogens (tertiary/aromatic N) is 3. The third kappa shape index (κ3) is 3.22. The van der Waals surface area contributed by atoms with Crippen LogP contribution in [0.25, 0.3) is 0 Å². The fourth-order valence-corrected chi connectivity index (χ4v) is 2.03. The van der Waals surface area contributed by atoms with Gasteiger partial charge < -0.3 is 9.47 Å². The molecule has 6 heteroatoms. The Bertz CT molecular complexity index is 569. The van der Waals surface area contributed by atoms with Gasteiger partial charge in [-0.1, -0.05) is 6.07 Å². The second-order valence-corrected chi connectivity index (χ2v) is 4.89. The molecule has 1 aromatic carbocycles. The van der Waals surface area contributed by atoms with Crippen molar-refractivity contribution in [1.29, 1.82) is 0 Å². The molecule has 0 saturated heterocycles. The Labute approximate surface area is 123 Å². The summed E-state index contributed by atoms with van der Waals surface area (Å²) >= 11 is 5.84. The molecule has 2 aromatic rings. The second kappa shape index (κ2) is 6.61. The van der Waals surface area contributed by atoms with Crippen LogP contribution in [0, 0.1) is 0 Å². The van der Waals surface area contributed by atoms with Crippen LogP contribution in [-0.2, 0) is 12.5 Å². The van der Waals surface area contributed by atoms with E-state index in [0.29, 0.717) is 24.0 Å². The van der Waals surface area contributed by atoms with Gasteiger partial charge in [0.05, 0.1) is 7.11 Å². The number of alkyl halides is 1. The summed E-state index contributed by atoms with van der Waals surface area (Å²) in [5, 5.41) is 4.18. The summed E-state index contributed by atoms with van der Waals surface area (Å²) in [6.07, 6.45) is 1.53. The number of halogens is 1. The van der Waals surface area contributed by atoms with Gasteiger partial charge in [0.1, 0.15) is 12.9 Å². The molecular weight excluding hydrogens is 278 g/mol. The fourth-order valence-electron chi connectivity index (χ4n) is 1.87. The first kappa shape index (κ1) is 14.7. The molecule has 1 aromatic heterocycles. The average molecular weight is 296 g/mol. The Morgan fingerprint density at radius 1 is 1.30 bits per heavy atom. The summed E-state index contributed by atoms with van der Waals surface area (Å²) in [7, 11) is 1.61. The maximum Gasteiger partial charge on any atom is 0.165 e. The molecule has 0 amide bonds. The van der Waals surface area contributed by atoms with Crippen molar-refractivity contribution in [2.24, 2.45) is 0 Å². The van der Waals surface area contributed by atoms with Crippen molar-refractivity contribution in [3.8, 4) is 11.5 Å². The Hall–Kier alpha value is -1.75. The van der Waals surface area contributed by atoms with Crippen LogP contribution in [0.4, 0.5) is 0 Å². The number of methoxy groups -OCH3 is 1. The molecule has 0 atom stereocenters. The van der Waals surface area contributed by atoms with E-state index in [9.17, 15) is 0 Å². The van der Waals surface area contributed by atoms with Crippen molar-refractivity contribution in [1.82, 2.24) is 14.8 Å². The minimum Gasteiger partial charge on any atom is -0.493 e. The van der Waals surface area contributed by atoms with E-state index in [4.69, 9.17) is 21.1 Å². The Kier molecular flexibility index (Phi) is 4.84. The highest BCUT2D eigenvalue weighted by molar-refractivity contribution is 6.17. The molecule has 108 valence electrons. The van der Waals surface area contributed by atoms with Gasteiger partial charge in [-0.05, 0) is 31.5 Å². The van der Waals surface area contributed by atoms with E-state index >= 15 is 0 Å². The standard InChI is InChI=1S/C14H18ClN3O2/c1-10(2)18-14(16-9-17-18)8-20-13-6-11(7-15)4-5-12(13)19-3/h4-6,9-10H,7-8H2,1-3H3. The minimum atomic E-state index is 0.243. The maximum absolute atomic E-state index is 5.84. The Morgan fingerprint density at radius 2 is 2.10 bits per heavy atom. The minimum absolute atomic E-state index is 0.243. The van der Waals surface area contributed by atoms with E-state index in [0.717, 1.165) is 11.4 Å². The lowest BCUT2D eigenvalue weighted by molar-refractivity contribution is 0.266. The third-order valence-corrected chi connectivity index (χ3v) is 3.18. The molecule has 0 unspecified atom stereocenters. The molecule has 0 fully saturated rings. The predicted octanol–water partition coefficient (Wildman–Crippen LogP) is 3.19. The lowest BCUT2D eigenvalue weighted by atomic mass is 10.2. The van der Waals surface area contributed by atoms with Gasteiger partial charge in [-0.15, -0.1) is 11.6 Å². The van der Waals surface area contributed by atoms with Crippen molar-refractivity contribution in [2.75, 3.05) is 7.11 Å². The van der Waals surface area contributed by atoms with E-state index in [1.165, 1.54) is 6.33 Å². The molecule has 0 spiro atoms. The van der Waals surface area contributed by atoms with Crippen LogP contribution in [0.1, 0.15) is 31.3 Å². The second-order valence-electron chi connectivity index (χ2n) is 4.62. The first-order chi connectivity index (χ1) is 9.65. The van der Waals surface area contributed by atoms with Crippen molar-refractivity contribution in [3.05, 3.63) is 35.9 Å². The Morgan fingerprint density at radius 3 is 2.75 bits per heavy atom. The largest absolute Gasteiger partial charge is 0.493 e. The fraction of sp³-hybridized carbons (Fsp3) is 0.429. The van der Waals surface area contributed by atoms with Crippen molar-refractivity contribution in [3.63, 3.8) is 0 Å². The monoisotopic (exact) mass is 295 g/mol. The lowest BCUT2D eigenvalue weighted by Gasteiger charge is -2.13. The summed E-state index contributed by atoms with van der Waals surface area (Å²) in [5.41, 5.74) is 0.979. The highest BCUT2D eigenvalue weighted by Crippen LogP contribution is 2.29. The zero-order valence-corrected chi connectivity index (χ0v) is 12.6. The molecule has 0 saturated carbocycles. The summed E-state index contributed by atoms with van der Waals surface area (Å²) in [6.45, 7) is 4.43. The van der Waals surface area contributed by atoms with Crippen molar-refractivity contribution in [2.45, 2.75) is 32.4 Å². The lowest BCUT2D eigenvalue weighted by Crippen LogP contribution is -2.11. The molecule has 0 aliphatic heterocycles. The molecule has 0 aliphatic rings. The number of rotatable bonds is 6. The molecule has 1 heterocycles. The van der Waals surface area contributed by atoms with E-state index in [1.807, 2.05) is 36.7 Å². The van der Waals surface area contributed by atoms with Gasteiger partial charge in [-0.2, -0.15) is 5.10 Å². The highest BCUT2D eigenvalue weighted by Gasteiger charge is 2.11. The van der Waals surface area contributed by atoms with Gasteiger partial charge in [0.2, 0.25) is 0 Å². The van der Waals surface area contributed by atoms with E-state index < -0.39 is 0 Å². The van der Waals surface area contributed by atoms with Crippen LogP contribution in [0.3, 0.4) is 0 Å². The molecule has 20 heavy (non-hydrogen) atoms. The van der Waals surface area contributed by atoms with Crippen molar-refractivity contribution >= 4 is 11.6 Å². The molecule has 2 rings (SSSR count). The average Bonchev–Trinajstić information content (AvgIpc) is 2.93. The number of hydrogen-bond acceptors (Lipinski definition) is 4. The first-order valence-corrected chi connectivity index (χ1v) is 6.93. The van der Waals surface area contributed by atoms with Crippen LogP contribution in [0.2, 0.25) is 0 Å². The molecule has 0 N–H and O–H groups in total. The van der Waals surface area contributed by atoms with Crippen molar-refractivity contribution < 1.29 is 9.47 Å². The molecule has 0 aliphatic carbocycles. The zero-order chi connectivity index (χ0) is 14.5. The normalized spacial score (nSPS) is 10.8. The molecule has 5 nitrogen and oxygen atoms in total. The van der Waals surface area contributed by atoms with Gasteiger partial charge in [0.25, 0.3) is 0 Å². The van der Waals surface area contributed by atoms with E-state index in [1.54, 1.807) is 7.11 Å². The van der Waals surface area contributed by atoms with Crippen LogP contribution < -0.4 is 9.47 Å². The highest BCUT2D eigenvalue weighted by atomic mass is 35.5. The molecule has 0 bridgehead atoms. The van der Waals surface area contributed by atoms with Crippen LogP contribution in [0.5, 0.6) is 11.5 Å². The van der Waals surface area contributed by atoms with Crippen LogP contribution in [0.15, 0.2) is 24.5 Å². The zero-order valence-electron chi connectivity index (χ0n) is 11.8. The Balaban J connectivity index is 2.15. The molecule has 0 radical (unpaired) electrons. The quantitative estimate of drug-likeness (QED) is 0.768. The number of ether oxygens (including phenoxy) is 2. The van der Waals surface area contributed by atoms with Gasteiger partial charge in [0.15, 0.2) is 17.3 Å². The number of aromatic nitrogens is 3. The molecular formula is C14H18ClN3O2. The summed E-state index contributed by atoms with van der Waals surface area (Å²) < 4.78 is 12.9. The topological polar surface area (TPSA) is 49.2 Å². The van der Waals surface area contributed by atoms with Gasteiger partial charge in [-0.25, -0.2) is 9.67 Å². The predicted molar refractivity (Wildman–Crippen MR) is 77.3 cm³/mol. The van der Waals surface area contributed by atoms with Gasteiger partial charge in [-0.3, -0.25) is 0 Å². The maximum atomic E-state index is 5.84. The number of hydrogen-bond donors (Lipinski definition) is 0. The van der Waals surface area contributed by atoms with Gasteiger partial charge in [0, 0.05) is 11.9 Å². The van der Waals surface area contributed by atoms with Gasteiger partial charge >= 0.3 is 0 Å². The summed E-state index contributed by atoms with van der Waals surface area (Å²) in [5.74, 6) is 2.54. The first-order valence-electron chi connectivity index (χ1n) is 6.39. The summed E-state index contributed by atoms with van der Waals surface area (Å²) in [6, 6.07) is 5.88. The van der Waals surface area contributed by atoms with E-state index in [-0.39, 0.29) is 6.04 Å². The SMILES string of the molecule is COc1ccc(CCl)cc1OCc1ncnn1C(C)C. The van der Waals surface area contributed by atoms with E-state index in [2.05, 4.69) is 10.1 Å². The number of benzene rings is 1. The van der Waals surface area contributed by atoms with Crippen LogP contribution >= 0.6 is 11.6 Å². The smallest absolute Gasteiger partial charge is 0.165 e. The summed E-state index contributed by atoms with van der Waals surface area (Å²) in [4.78, 5) is 4.21. The third-order valence-electron chi connectivity index (χ3n) is 2.88.